The highest BCUT2D eigenvalue weighted by Crippen LogP contribution is 2.33. The maximum Gasteiger partial charge on any atom is 0.407 e. The van der Waals surface area contributed by atoms with Crippen molar-refractivity contribution in [2.45, 2.75) is 46.9 Å². The van der Waals surface area contributed by atoms with E-state index in [-0.39, 0.29) is 12.5 Å². The first-order chi connectivity index (χ1) is 18.4. The lowest BCUT2D eigenvalue weighted by atomic mass is 10.2. The molecule has 0 bridgehead atoms. The van der Waals surface area contributed by atoms with Crippen molar-refractivity contribution in [2.75, 3.05) is 24.3 Å². The van der Waals surface area contributed by atoms with E-state index in [1.54, 1.807) is 13.2 Å². The van der Waals surface area contributed by atoms with Gasteiger partial charge in [-0.25, -0.2) is 14.5 Å². The van der Waals surface area contributed by atoms with Crippen molar-refractivity contribution in [1.29, 1.82) is 0 Å². The second kappa shape index (κ2) is 12.1. The Balaban J connectivity index is 1.53. The topological polar surface area (TPSA) is 124 Å². The van der Waals surface area contributed by atoms with Gasteiger partial charge in [0.15, 0.2) is 0 Å². The third-order valence-corrected chi connectivity index (χ3v) is 5.83. The molecule has 0 unspecified atom stereocenters. The number of ether oxygens (including phenoxy) is 2. The smallest absolute Gasteiger partial charge is 0.407 e. The summed E-state index contributed by atoms with van der Waals surface area (Å²) in [6.45, 7) is 7.26. The molecule has 4 rings (SSSR count). The van der Waals surface area contributed by atoms with E-state index in [2.05, 4.69) is 21.0 Å². The van der Waals surface area contributed by atoms with Gasteiger partial charge < -0.3 is 30.0 Å². The van der Waals surface area contributed by atoms with Crippen LogP contribution in [0.2, 0.25) is 0 Å². The van der Waals surface area contributed by atoms with Crippen LogP contribution in [-0.4, -0.2) is 45.0 Å². The zero-order valence-corrected chi connectivity index (χ0v) is 22.1. The first-order valence-electron chi connectivity index (χ1n) is 12.5. The Hall–Kier alpha value is -4.54. The van der Waals surface area contributed by atoms with Gasteiger partial charge in [0.1, 0.15) is 23.7 Å². The summed E-state index contributed by atoms with van der Waals surface area (Å²) in [5, 5.41) is 13.5. The SMILES string of the molecule is CCn1nc(C)cc1Nc1nc2cc(NC(C)=O)cc(OC)c2n1CCCNC(=O)OCc1ccccc1. The largest absolute Gasteiger partial charge is 0.494 e. The van der Waals surface area contributed by atoms with Gasteiger partial charge in [-0.15, -0.1) is 0 Å². The van der Waals surface area contributed by atoms with Gasteiger partial charge in [0.25, 0.3) is 0 Å². The van der Waals surface area contributed by atoms with Crippen LogP contribution in [0.25, 0.3) is 11.0 Å². The van der Waals surface area contributed by atoms with Gasteiger partial charge in [-0.05, 0) is 31.9 Å². The molecule has 2 aromatic heterocycles. The molecule has 0 aliphatic rings. The summed E-state index contributed by atoms with van der Waals surface area (Å²) in [7, 11) is 1.58. The highest BCUT2D eigenvalue weighted by molar-refractivity contribution is 5.94. The fourth-order valence-electron chi connectivity index (χ4n) is 4.18. The molecule has 0 saturated carbocycles. The van der Waals surface area contributed by atoms with Gasteiger partial charge in [-0.3, -0.25) is 4.79 Å². The summed E-state index contributed by atoms with van der Waals surface area (Å²) < 4.78 is 14.8. The average molecular weight is 520 g/mol. The van der Waals surface area contributed by atoms with E-state index in [9.17, 15) is 9.59 Å². The van der Waals surface area contributed by atoms with Gasteiger partial charge in [0.05, 0.1) is 18.3 Å². The zero-order chi connectivity index (χ0) is 27.1. The molecule has 0 aliphatic carbocycles. The van der Waals surface area contributed by atoms with Crippen molar-refractivity contribution in [2.24, 2.45) is 0 Å². The Morgan fingerprint density at radius 1 is 1.11 bits per heavy atom. The number of carbonyl (C=O) groups excluding carboxylic acids is 2. The van der Waals surface area contributed by atoms with E-state index in [4.69, 9.17) is 14.5 Å². The Bertz CT molecular complexity index is 1410. The van der Waals surface area contributed by atoms with E-state index in [1.165, 1.54) is 6.92 Å². The number of hydrogen-bond donors (Lipinski definition) is 3. The lowest BCUT2D eigenvalue weighted by molar-refractivity contribution is -0.114. The Kier molecular flexibility index (Phi) is 8.47. The number of fused-ring (bicyclic) bond motifs is 1. The number of methoxy groups -OCH3 is 1. The molecule has 11 heteroatoms. The minimum atomic E-state index is -0.470. The maximum absolute atomic E-state index is 12.2. The summed E-state index contributed by atoms with van der Waals surface area (Å²) in [4.78, 5) is 28.6. The van der Waals surface area contributed by atoms with Crippen molar-refractivity contribution < 1.29 is 19.1 Å². The second-order valence-corrected chi connectivity index (χ2v) is 8.77. The summed E-state index contributed by atoms with van der Waals surface area (Å²) in [5.41, 5.74) is 3.84. The molecule has 11 nitrogen and oxygen atoms in total. The standard InChI is InChI=1S/C27H33N7O4/c1-5-34-24(14-18(2)32-34)31-26-30-22-15-21(29-19(3)35)16-23(37-4)25(22)33(26)13-9-12-28-27(36)38-17-20-10-7-6-8-11-20/h6-8,10-11,14-16H,5,9,12-13,17H2,1-4H3,(H,28,36)(H,29,35)(H,30,31). The zero-order valence-electron chi connectivity index (χ0n) is 22.1. The number of benzene rings is 2. The van der Waals surface area contributed by atoms with E-state index < -0.39 is 6.09 Å². The van der Waals surface area contributed by atoms with Crippen LogP contribution in [0.15, 0.2) is 48.5 Å². The molecular formula is C27H33N7O4. The van der Waals surface area contributed by atoms with Crippen LogP contribution in [-0.2, 0) is 29.2 Å². The fraction of sp³-hybridized carbons (Fsp3) is 0.333. The molecule has 4 aromatic rings. The van der Waals surface area contributed by atoms with E-state index in [1.807, 2.05) is 65.6 Å². The van der Waals surface area contributed by atoms with Crippen molar-refractivity contribution >= 4 is 40.5 Å². The molecule has 3 N–H and O–H groups in total. The number of anilines is 3. The highest BCUT2D eigenvalue weighted by Gasteiger charge is 2.18. The number of imidazole rings is 1. The Morgan fingerprint density at radius 2 is 1.89 bits per heavy atom. The normalized spacial score (nSPS) is 10.8. The van der Waals surface area contributed by atoms with Gasteiger partial charge in [0.2, 0.25) is 11.9 Å². The van der Waals surface area contributed by atoms with Crippen LogP contribution < -0.4 is 20.7 Å². The number of aryl methyl sites for hydroxylation is 3. The van der Waals surface area contributed by atoms with Crippen molar-refractivity contribution in [3.8, 4) is 5.75 Å². The molecule has 2 aromatic carbocycles. The second-order valence-electron chi connectivity index (χ2n) is 8.77. The molecule has 0 aliphatic heterocycles. The van der Waals surface area contributed by atoms with Crippen molar-refractivity contribution in [3.63, 3.8) is 0 Å². The maximum atomic E-state index is 12.2. The highest BCUT2D eigenvalue weighted by atomic mass is 16.5. The third-order valence-electron chi connectivity index (χ3n) is 5.83. The number of nitrogens with one attached hydrogen (secondary N) is 3. The number of carbonyl (C=O) groups is 2. The lowest BCUT2D eigenvalue weighted by Gasteiger charge is -2.14. The van der Waals surface area contributed by atoms with Gasteiger partial charge >= 0.3 is 6.09 Å². The minimum absolute atomic E-state index is 0.184. The monoisotopic (exact) mass is 519 g/mol. The quantitative estimate of drug-likeness (QED) is 0.248. The van der Waals surface area contributed by atoms with E-state index >= 15 is 0 Å². The first kappa shape index (κ1) is 26.5. The van der Waals surface area contributed by atoms with Crippen LogP contribution in [0.5, 0.6) is 5.75 Å². The van der Waals surface area contributed by atoms with E-state index in [0.717, 1.165) is 22.6 Å². The number of alkyl carbamates (subject to hydrolysis) is 1. The summed E-state index contributed by atoms with van der Waals surface area (Å²) in [5.74, 6) is 1.80. The Labute approximate surface area is 221 Å². The molecule has 200 valence electrons. The number of hydrogen-bond acceptors (Lipinski definition) is 7. The molecule has 38 heavy (non-hydrogen) atoms. The third kappa shape index (κ3) is 6.41. The number of nitrogens with zero attached hydrogens (tertiary/aromatic N) is 4. The van der Waals surface area contributed by atoms with Gasteiger partial charge in [-0.2, -0.15) is 5.10 Å². The lowest BCUT2D eigenvalue weighted by Crippen LogP contribution is -2.26. The number of aromatic nitrogens is 4. The van der Waals surface area contributed by atoms with Crippen LogP contribution in [0.3, 0.4) is 0 Å². The average Bonchev–Trinajstić information content (AvgIpc) is 3.43. The van der Waals surface area contributed by atoms with Gasteiger partial charge in [0, 0.05) is 44.4 Å². The molecule has 0 radical (unpaired) electrons. The fourth-order valence-corrected chi connectivity index (χ4v) is 4.18. The van der Waals surface area contributed by atoms with Crippen LogP contribution in [0.4, 0.5) is 22.2 Å². The van der Waals surface area contributed by atoms with Crippen LogP contribution in [0, 0.1) is 6.92 Å². The molecule has 0 spiro atoms. The number of amides is 2. The predicted octanol–water partition coefficient (Wildman–Crippen LogP) is 4.59. The minimum Gasteiger partial charge on any atom is -0.494 e. The summed E-state index contributed by atoms with van der Waals surface area (Å²) >= 11 is 0. The van der Waals surface area contributed by atoms with Crippen LogP contribution >= 0.6 is 0 Å². The molecular weight excluding hydrogens is 486 g/mol. The molecule has 2 heterocycles. The van der Waals surface area contributed by atoms with Crippen LogP contribution in [0.1, 0.15) is 31.5 Å². The molecule has 2 amide bonds. The molecule has 0 fully saturated rings. The molecule has 0 atom stereocenters. The van der Waals surface area contributed by atoms with Gasteiger partial charge in [-0.1, -0.05) is 30.3 Å². The summed E-state index contributed by atoms with van der Waals surface area (Å²) in [6, 6.07) is 15.1. The number of rotatable bonds is 11. The Morgan fingerprint density at radius 3 is 2.61 bits per heavy atom. The van der Waals surface area contributed by atoms with Crippen molar-refractivity contribution in [1.82, 2.24) is 24.6 Å². The van der Waals surface area contributed by atoms with E-state index in [0.29, 0.717) is 49.0 Å². The summed E-state index contributed by atoms with van der Waals surface area (Å²) in [6.07, 6.45) is 0.144. The molecule has 0 saturated heterocycles. The first-order valence-corrected chi connectivity index (χ1v) is 12.5. The van der Waals surface area contributed by atoms with Crippen molar-refractivity contribution in [3.05, 3.63) is 59.8 Å². The predicted molar refractivity (Wildman–Crippen MR) is 146 cm³/mol.